The summed E-state index contributed by atoms with van der Waals surface area (Å²) in [7, 11) is 0. The molecular formula is C17H22ClN3O2S. The highest BCUT2D eigenvalue weighted by atomic mass is 35.5. The highest BCUT2D eigenvalue weighted by Crippen LogP contribution is 2.32. The van der Waals surface area contributed by atoms with Gasteiger partial charge in [0, 0.05) is 37.2 Å². The van der Waals surface area contributed by atoms with Crippen molar-refractivity contribution >= 4 is 38.3 Å². The maximum atomic E-state index is 9.93. The zero-order valence-electron chi connectivity index (χ0n) is 13.5. The molecule has 0 aliphatic carbocycles. The number of fused-ring (bicyclic) bond motifs is 1. The number of aromatic nitrogens is 1. The Morgan fingerprint density at radius 3 is 2.92 bits per heavy atom. The van der Waals surface area contributed by atoms with E-state index in [0.29, 0.717) is 12.6 Å². The van der Waals surface area contributed by atoms with Gasteiger partial charge >= 0.3 is 0 Å². The van der Waals surface area contributed by atoms with E-state index in [-0.39, 0.29) is 6.10 Å². The van der Waals surface area contributed by atoms with E-state index in [2.05, 4.69) is 9.80 Å². The Labute approximate surface area is 150 Å². The van der Waals surface area contributed by atoms with Crippen LogP contribution in [-0.4, -0.2) is 66.5 Å². The first-order valence-electron chi connectivity index (χ1n) is 8.50. The molecule has 130 valence electrons. The van der Waals surface area contributed by atoms with Gasteiger partial charge in [0.05, 0.1) is 29.5 Å². The average molecular weight is 368 g/mol. The SMILES string of the molecule is OC1COCCN(C2CCN(c3nc4ccc(Cl)cc4s3)CC2)C1. The molecule has 1 atom stereocenters. The summed E-state index contributed by atoms with van der Waals surface area (Å²) in [6, 6.07) is 6.40. The highest BCUT2D eigenvalue weighted by molar-refractivity contribution is 7.22. The molecule has 24 heavy (non-hydrogen) atoms. The number of aliphatic hydroxyl groups excluding tert-OH is 1. The summed E-state index contributed by atoms with van der Waals surface area (Å²) in [4.78, 5) is 9.53. The summed E-state index contributed by atoms with van der Waals surface area (Å²) < 4.78 is 6.59. The van der Waals surface area contributed by atoms with Crippen molar-refractivity contribution in [2.24, 2.45) is 0 Å². The molecule has 0 amide bonds. The minimum atomic E-state index is -0.362. The summed E-state index contributed by atoms with van der Waals surface area (Å²) in [6.07, 6.45) is 1.84. The molecule has 2 saturated heterocycles. The van der Waals surface area contributed by atoms with Crippen LogP contribution in [0.2, 0.25) is 5.02 Å². The number of aliphatic hydroxyl groups is 1. The lowest BCUT2D eigenvalue weighted by molar-refractivity contribution is 0.0534. The van der Waals surface area contributed by atoms with Crippen LogP contribution in [0.1, 0.15) is 12.8 Å². The van der Waals surface area contributed by atoms with Crippen LogP contribution in [0.25, 0.3) is 10.2 Å². The first-order valence-corrected chi connectivity index (χ1v) is 9.69. The lowest BCUT2D eigenvalue weighted by Gasteiger charge is -2.38. The van der Waals surface area contributed by atoms with Crippen LogP contribution in [0.3, 0.4) is 0 Å². The highest BCUT2D eigenvalue weighted by Gasteiger charge is 2.28. The van der Waals surface area contributed by atoms with Gasteiger partial charge in [0.2, 0.25) is 0 Å². The minimum Gasteiger partial charge on any atom is -0.389 e. The van der Waals surface area contributed by atoms with Gasteiger partial charge in [-0.05, 0) is 31.0 Å². The van der Waals surface area contributed by atoms with Crippen LogP contribution in [0.4, 0.5) is 5.13 Å². The quantitative estimate of drug-likeness (QED) is 0.884. The van der Waals surface area contributed by atoms with E-state index < -0.39 is 0 Å². The lowest BCUT2D eigenvalue weighted by Crippen LogP contribution is -2.47. The molecule has 3 heterocycles. The summed E-state index contributed by atoms with van der Waals surface area (Å²) >= 11 is 7.79. The van der Waals surface area contributed by atoms with Crippen molar-refractivity contribution in [1.82, 2.24) is 9.88 Å². The van der Waals surface area contributed by atoms with Gasteiger partial charge in [-0.2, -0.15) is 0 Å². The number of thiazole rings is 1. The van der Waals surface area contributed by atoms with Gasteiger partial charge in [0.1, 0.15) is 0 Å². The maximum absolute atomic E-state index is 9.93. The molecule has 2 aromatic rings. The number of benzene rings is 1. The van der Waals surface area contributed by atoms with E-state index in [4.69, 9.17) is 21.3 Å². The van der Waals surface area contributed by atoms with Crippen LogP contribution in [0.15, 0.2) is 18.2 Å². The summed E-state index contributed by atoms with van der Waals surface area (Å²) in [5.41, 5.74) is 1.02. The molecular weight excluding hydrogens is 346 g/mol. The molecule has 1 unspecified atom stereocenters. The van der Waals surface area contributed by atoms with E-state index in [1.54, 1.807) is 11.3 Å². The molecule has 0 spiro atoms. The second-order valence-electron chi connectivity index (χ2n) is 6.55. The second-order valence-corrected chi connectivity index (χ2v) is 8.00. The van der Waals surface area contributed by atoms with Gasteiger partial charge in [-0.15, -0.1) is 0 Å². The monoisotopic (exact) mass is 367 g/mol. The van der Waals surface area contributed by atoms with Gasteiger partial charge in [0.15, 0.2) is 5.13 Å². The Bertz CT molecular complexity index is 702. The Morgan fingerprint density at radius 2 is 2.08 bits per heavy atom. The zero-order valence-corrected chi connectivity index (χ0v) is 15.1. The third kappa shape index (κ3) is 3.53. The van der Waals surface area contributed by atoms with Crippen molar-refractivity contribution in [3.05, 3.63) is 23.2 Å². The molecule has 7 heteroatoms. The second kappa shape index (κ2) is 7.14. The number of hydrogen-bond acceptors (Lipinski definition) is 6. The summed E-state index contributed by atoms with van der Waals surface area (Å²) in [5, 5.41) is 11.8. The number of hydrogen-bond donors (Lipinski definition) is 1. The number of halogens is 1. The molecule has 5 nitrogen and oxygen atoms in total. The molecule has 0 saturated carbocycles. The van der Waals surface area contributed by atoms with E-state index in [1.807, 2.05) is 18.2 Å². The van der Waals surface area contributed by atoms with Gasteiger partial charge in [-0.25, -0.2) is 4.98 Å². The standard InChI is InChI=1S/C17H22ClN3O2S/c18-12-1-2-15-16(9-12)24-17(19-15)20-5-3-13(4-6-20)21-7-8-23-11-14(22)10-21/h1-2,9,13-14,22H,3-8,10-11H2. The molecule has 2 aliphatic rings. The fourth-order valence-corrected chi connectivity index (χ4v) is 4.88. The lowest BCUT2D eigenvalue weighted by atomic mass is 10.0. The number of piperidine rings is 1. The van der Waals surface area contributed by atoms with Gasteiger partial charge in [-0.3, -0.25) is 4.90 Å². The fraction of sp³-hybridized carbons (Fsp3) is 0.588. The number of β-amino-alcohol motifs (C(OH)–C–C–N with tert-alkyl or cyclic N) is 1. The van der Waals surface area contributed by atoms with Crippen molar-refractivity contribution in [2.75, 3.05) is 44.3 Å². The van der Waals surface area contributed by atoms with E-state index in [9.17, 15) is 5.11 Å². The van der Waals surface area contributed by atoms with Crippen molar-refractivity contribution in [3.8, 4) is 0 Å². The Morgan fingerprint density at radius 1 is 1.25 bits per heavy atom. The normalized spacial score (nSPS) is 24.4. The van der Waals surface area contributed by atoms with Gasteiger partial charge in [0.25, 0.3) is 0 Å². The van der Waals surface area contributed by atoms with Crippen LogP contribution in [0.5, 0.6) is 0 Å². The molecule has 1 aromatic carbocycles. The van der Waals surface area contributed by atoms with E-state index in [1.165, 1.54) is 0 Å². The largest absolute Gasteiger partial charge is 0.389 e. The van der Waals surface area contributed by atoms with Crippen molar-refractivity contribution < 1.29 is 9.84 Å². The average Bonchev–Trinajstić information content (AvgIpc) is 2.88. The van der Waals surface area contributed by atoms with Crippen LogP contribution in [0, 0.1) is 0 Å². The molecule has 2 fully saturated rings. The first kappa shape index (κ1) is 16.5. The first-order chi connectivity index (χ1) is 11.7. The molecule has 0 bridgehead atoms. The van der Waals surface area contributed by atoms with Crippen molar-refractivity contribution in [3.63, 3.8) is 0 Å². The number of nitrogens with zero attached hydrogens (tertiary/aromatic N) is 3. The third-order valence-corrected chi connectivity index (χ3v) is 6.18. The molecule has 1 N–H and O–H groups in total. The molecule has 1 aromatic heterocycles. The van der Waals surface area contributed by atoms with E-state index in [0.717, 1.165) is 66.0 Å². The number of rotatable bonds is 2. The zero-order chi connectivity index (χ0) is 16.5. The van der Waals surface area contributed by atoms with Crippen LogP contribution < -0.4 is 4.90 Å². The van der Waals surface area contributed by atoms with E-state index >= 15 is 0 Å². The Hall–Kier alpha value is -0.920. The Kier molecular flexibility index (Phi) is 4.92. The third-order valence-electron chi connectivity index (χ3n) is 4.87. The minimum absolute atomic E-state index is 0.362. The summed E-state index contributed by atoms with van der Waals surface area (Å²) in [6.45, 7) is 4.84. The smallest absolute Gasteiger partial charge is 0.186 e. The molecule has 0 radical (unpaired) electrons. The predicted octanol–water partition coefficient (Wildman–Crippen LogP) is 2.61. The maximum Gasteiger partial charge on any atom is 0.186 e. The molecule has 4 rings (SSSR count). The fourth-order valence-electron chi connectivity index (χ4n) is 3.59. The Balaban J connectivity index is 1.41. The number of anilines is 1. The predicted molar refractivity (Wildman–Crippen MR) is 98.3 cm³/mol. The van der Waals surface area contributed by atoms with Gasteiger partial charge in [-0.1, -0.05) is 22.9 Å². The molecule has 2 aliphatic heterocycles. The van der Waals surface area contributed by atoms with Crippen molar-refractivity contribution in [1.29, 1.82) is 0 Å². The van der Waals surface area contributed by atoms with Crippen molar-refractivity contribution in [2.45, 2.75) is 25.0 Å². The number of ether oxygens (including phenoxy) is 1. The topological polar surface area (TPSA) is 48.8 Å². The van der Waals surface area contributed by atoms with Crippen LogP contribution in [-0.2, 0) is 4.74 Å². The summed E-state index contributed by atoms with van der Waals surface area (Å²) in [5.74, 6) is 0. The van der Waals surface area contributed by atoms with Gasteiger partial charge < -0.3 is 14.7 Å². The van der Waals surface area contributed by atoms with Crippen LogP contribution >= 0.6 is 22.9 Å².